The standard InChI is InChI=1S/C9H10F2O4/c10-9(11)3-7(4-9)1-8(2-7,5(12)13)6(14)15/h1-4H2,(H,12,13)(H,14,15). The lowest BCUT2D eigenvalue weighted by molar-refractivity contribution is -0.238. The third kappa shape index (κ3) is 1.23. The molecule has 2 saturated carbocycles. The van der Waals surface area contributed by atoms with Crippen molar-refractivity contribution in [3.8, 4) is 0 Å². The summed E-state index contributed by atoms with van der Waals surface area (Å²) >= 11 is 0. The van der Waals surface area contributed by atoms with E-state index in [0.717, 1.165) is 0 Å². The summed E-state index contributed by atoms with van der Waals surface area (Å²) in [6.07, 6.45) is -1.08. The van der Waals surface area contributed by atoms with E-state index in [2.05, 4.69) is 0 Å². The maximum Gasteiger partial charge on any atom is 0.321 e. The second-order valence-electron chi connectivity index (χ2n) is 4.76. The highest BCUT2D eigenvalue weighted by molar-refractivity contribution is 5.99. The zero-order valence-electron chi connectivity index (χ0n) is 7.80. The molecule has 1 spiro atoms. The molecule has 0 aliphatic heterocycles. The van der Waals surface area contributed by atoms with Gasteiger partial charge in [-0.1, -0.05) is 0 Å². The number of hydrogen-bond acceptors (Lipinski definition) is 2. The van der Waals surface area contributed by atoms with E-state index in [4.69, 9.17) is 10.2 Å². The molecule has 2 aliphatic rings. The van der Waals surface area contributed by atoms with Gasteiger partial charge in [-0.15, -0.1) is 0 Å². The largest absolute Gasteiger partial charge is 0.480 e. The fourth-order valence-electron chi connectivity index (χ4n) is 2.92. The number of carboxylic acid groups (broad SMARTS) is 2. The highest BCUT2D eigenvalue weighted by Crippen LogP contribution is 2.68. The number of carbonyl (C=O) groups is 2. The van der Waals surface area contributed by atoms with E-state index in [1.54, 1.807) is 0 Å². The van der Waals surface area contributed by atoms with Gasteiger partial charge in [0.1, 0.15) is 0 Å². The van der Waals surface area contributed by atoms with Gasteiger partial charge in [0.15, 0.2) is 5.41 Å². The molecule has 0 unspecified atom stereocenters. The molecule has 0 amide bonds. The summed E-state index contributed by atoms with van der Waals surface area (Å²) < 4.78 is 25.2. The molecule has 4 nitrogen and oxygen atoms in total. The highest BCUT2D eigenvalue weighted by Gasteiger charge is 2.72. The first-order valence-corrected chi connectivity index (χ1v) is 4.56. The molecule has 0 heterocycles. The maximum atomic E-state index is 12.6. The predicted molar refractivity (Wildman–Crippen MR) is 43.6 cm³/mol. The van der Waals surface area contributed by atoms with E-state index in [1.807, 2.05) is 0 Å². The molecule has 84 valence electrons. The Balaban J connectivity index is 2.08. The molecule has 0 radical (unpaired) electrons. The molecule has 0 bridgehead atoms. The fourth-order valence-corrected chi connectivity index (χ4v) is 2.92. The van der Waals surface area contributed by atoms with Crippen molar-refractivity contribution in [3.05, 3.63) is 0 Å². The minimum atomic E-state index is -2.73. The van der Waals surface area contributed by atoms with E-state index in [0.29, 0.717) is 0 Å². The van der Waals surface area contributed by atoms with Crippen molar-refractivity contribution in [2.75, 3.05) is 0 Å². The minimum Gasteiger partial charge on any atom is -0.480 e. The van der Waals surface area contributed by atoms with Crippen LogP contribution in [0.3, 0.4) is 0 Å². The average molecular weight is 220 g/mol. The number of rotatable bonds is 2. The van der Waals surface area contributed by atoms with Gasteiger partial charge in [0, 0.05) is 12.8 Å². The topological polar surface area (TPSA) is 74.6 Å². The van der Waals surface area contributed by atoms with Crippen molar-refractivity contribution in [3.63, 3.8) is 0 Å². The Morgan fingerprint density at radius 3 is 1.60 bits per heavy atom. The Morgan fingerprint density at radius 2 is 1.33 bits per heavy atom. The van der Waals surface area contributed by atoms with Crippen LogP contribution in [0, 0.1) is 10.8 Å². The highest BCUT2D eigenvalue weighted by atomic mass is 19.3. The van der Waals surface area contributed by atoms with Crippen molar-refractivity contribution < 1.29 is 28.6 Å². The molecule has 2 rings (SSSR count). The van der Waals surface area contributed by atoms with Crippen LogP contribution in [0.2, 0.25) is 0 Å². The van der Waals surface area contributed by atoms with Crippen LogP contribution >= 0.6 is 0 Å². The van der Waals surface area contributed by atoms with Gasteiger partial charge in [-0.25, -0.2) is 8.78 Å². The van der Waals surface area contributed by atoms with Crippen molar-refractivity contribution >= 4 is 11.9 Å². The van der Waals surface area contributed by atoms with Crippen molar-refractivity contribution in [2.45, 2.75) is 31.6 Å². The van der Waals surface area contributed by atoms with Gasteiger partial charge < -0.3 is 10.2 Å². The molecule has 0 aromatic rings. The molecule has 0 saturated heterocycles. The molecule has 2 aliphatic carbocycles. The van der Waals surface area contributed by atoms with E-state index >= 15 is 0 Å². The van der Waals surface area contributed by atoms with Gasteiger partial charge in [-0.2, -0.15) is 0 Å². The second-order valence-corrected chi connectivity index (χ2v) is 4.76. The number of alkyl halides is 2. The second kappa shape index (κ2) is 2.48. The third-order valence-corrected chi connectivity index (χ3v) is 3.44. The molecule has 6 heteroatoms. The monoisotopic (exact) mass is 220 g/mol. The first-order valence-electron chi connectivity index (χ1n) is 4.56. The summed E-state index contributed by atoms with van der Waals surface area (Å²) in [5.41, 5.74) is -2.56. The van der Waals surface area contributed by atoms with Gasteiger partial charge in [0.05, 0.1) is 0 Å². The van der Waals surface area contributed by atoms with Crippen LogP contribution in [0.25, 0.3) is 0 Å². The fraction of sp³-hybridized carbons (Fsp3) is 0.778. The summed E-state index contributed by atoms with van der Waals surface area (Å²) in [6, 6.07) is 0. The Morgan fingerprint density at radius 1 is 0.933 bits per heavy atom. The van der Waals surface area contributed by atoms with Gasteiger partial charge >= 0.3 is 11.9 Å². The zero-order chi connectivity index (χ0) is 11.5. The average Bonchev–Trinajstić information content (AvgIpc) is 1.92. The molecule has 15 heavy (non-hydrogen) atoms. The molecule has 0 aromatic heterocycles. The minimum absolute atomic E-state index is 0.166. The van der Waals surface area contributed by atoms with E-state index in [1.165, 1.54) is 0 Å². The van der Waals surface area contributed by atoms with Crippen LogP contribution in [-0.2, 0) is 9.59 Å². The van der Waals surface area contributed by atoms with Crippen LogP contribution < -0.4 is 0 Å². The van der Waals surface area contributed by atoms with Crippen LogP contribution in [0.1, 0.15) is 25.7 Å². The number of aliphatic carboxylic acids is 2. The molecule has 0 aromatic carbocycles. The molecule has 2 N–H and O–H groups in total. The van der Waals surface area contributed by atoms with Crippen LogP contribution in [0.5, 0.6) is 0 Å². The number of halogens is 2. The van der Waals surface area contributed by atoms with Crippen molar-refractivity contribution in [1.82, 2.24) is 0 Å². The summed E-state index contributed by atoms with van der Waals surface area (Å²) in [7, 11) is 0. The lowest BCUT2D eigenvalue weighted by Gasteiger charge is -2.59. The molecular weight excluding hydrogens is 210 g/mol. The lowest BCUT2D eigenvalue weighted by Crippen LogP contribution is -2.63. The smallest absolute Gasteiger partial charge is 0.321 e. The summed E-state index contributed by atoms with van der Waals surface area (Å²) in [4.78, 5) is 21.5. The predicted octanol–water partition coefficient (Wildman–Crippen LogP) is 1.35. The first kappa shape index (κ1) is 10.3. The van der Waals surface area contributed by atoms with Crippen LogP contribution in [0.15, 0.2) is 0 Å². The molecule has 0 atom stereocenters. The Labute approximate surface area is 83.9 Å². The number of carboxylic acids is 2. The lowest BCUT2D eigenvalue weighted by atomic mass is 9.44. The number of hydrogen-bond donors (Lipinski definition) is 2. The van der Waals surface area contributed by atoms with E-state index in [-0.39, 0.29) is 25.7 Å². The Kier molecular flexibility index (Phi) is 1.71. The summed E-state index contributed by atoms with van der Waals surface area (Å²) in [5, 5.41) is 17.5. The summed E-state index contributed by atoms with van der Waals surface area (Å²) in [5.74, 6) is -5.57. The molecule has 2 fully saturated rings. The zero-order valence-corrected chi connectivity index (χ0v) is 7.80. The van der Waals surface area contributed by atoms with Gasteiger partial charge in [-0.05, 0) is 18.3 Å². The maximum absolute atomic E-state index is 12.6. The van der Waals surface area contributed by atoms with Gasteiger partial charge in [0.2, 0.25) is 5.92 Å². The first-order chi connectivity index (χ1) is 6.72. The van der Waals surface area contributed by atoms with Crippen molar-refractivity contribution in [2.24, 2.45) is 10.8 Å². The van der Waals surface area contributed by atoms with Crippen LogP contribution in [0.4, 0.5) is 8.78 Å². The molecular formula is C9H10F2O4. The van der Waals surface area contributed by atoms with Crippen LogP contribution in [-0.4, -0.2) is 28.1 Å². The van der Waals surface area contributed by atoms with Gasteiger partial charge in [-0.3, -0.25) is 9.59 Å². The Hall–Kier alpha value is -1.20. The third-order valence-electron chi connectivity index (χ3n) is 3.44. The van der Waals surface area contributed by atoms with E-state index in [9.17, 15) is 18.4 Å². The SMILES string of the molecule is O=C(O)C1(C(=O)O)CC2(CC(F)(F)C2)C1. The van der Waals surface area contributed by atoms with E-state index < -0.39 is 28.7 Å². The van der Waals surface area contributed by atoms with Crippen molar-refractivity contribution in [1.29, 1.82) is 0 Å². The quantitative estimate of drug-likeness (QED) is 0.689. The normalized spacial score (nSPS) is 28.9. The Bertz CT molecular complexity index is 318. The summed E-state index contributed by atoms with van der Waals surface area (Å²) in [6.45, 7) is 0. The van der Waals surface area contributed by atoms with Gasteiger partial charge in [0.25, 0.3) is 0 Å².